The first-order valence-corrected chi connectivity index (χ1v) is 9.43. The molecular weight excluding hydrogens is 390 g/mol. The maximum absolute atomic E-state index is 12.5. The van der Waals surface area contributed by atoms with Gasteiger partial charge in [-0.2, -0.15) is 0 Å². The van der Waals surface area contributed by atoms with E-state index in [1.54, 1.807) is 19.9 Å². The van der Waals surface area contributed by atoms with Gasteiger partial charge in [-0.05, 0) is 31.1 Å². The zero-order chi connectivity index (χ0) is 22.3. The number of hydrogen-bond acceptors (Lipinski definition) is 6. The number of rotatable bonds is 7. The van der Waals surface area contributed by atoms with Crippen molar-refractivity contribution in [2.45, 2.75) is 26.7 Å². The van der Waals surface area contributed by atoms with E-state index in [1.807, 2.05) is 6.08 Å². The zero-order valence-electron chi connectivity index (χ0n) is 17.8. The summed E-state index contributed by atoms with van der Waals surface area (Å²) in [5.41, 5.74) is 1.38. The van der Waals surface area contributed by atoms with Crippen LogP contribution in [0.15, 0.2) is 35.7 Å². The normalized spacial score (nSPS) is 13.0. The van der Waals surface area contributed by atoms with Crippen molar-refractivity contribution in [2.75, 3.05) is 21.3 Å². The second-order valence-corrected chi connectivity index (χ2v) is 6.83. The van der Waals surface area contributed by atoms with Crippen LogP contribution in [0, 0.1) is 5.92 Å². The molecule has 0 atom stereocenters. The average molecular weight is 417 g/mol. The zero-order valence-corrected chi connectivity index (χ0v) is 17.8. The predicted octanol–water partition coefficient (Wildman–Crippen LogP) is 2.49. The van der Waals surface area contributed by atoms with E-state index in [4.69, 9.17) is 14.2 Å². The number of amides is 4. The Labute approximate surface area is 175 Å². The summed E-state index contributed by atoms with van der Waals surface area (Å²) in [4.78, 5) is 36.6. The van der Waals surface area contributed by atoms with Crippen molar-refractivity contribution >= 4 is 17.8 Å². The van der Waals surface area contributed by atoms with Crippen molar-refractivity contribution in [2.24, 2.45) is 5.92 Å². The molecule has 0 spiro atoms. The van der Waals surface area contributed by atoms with Gasteiger partial charge in [0.05, 0.1) is 21.3 Å². The Bertz CT molecular complexity index is 864. The molecule has 2 rings (SSSR count). The van der Waals surface area contributed by atoms with E-state index in [1.165, 1.54) is 33.5 Å². The lowest BCUT2D eigenvalue weighted by atomic mass is 10.1. The van der Waals surface area contributed by atoms with Crippen LogP contribution in [0.25, 0.3) is 0 Å². The number of carbonyl (C=O) groups excluding carboxylic acids is 3. The van der Waals surface area contributed by atoms with Gasteiger partial charge in [0.1, 0.15) is 0 Å². The van der Waals surface area contributed by atoms with Crippen LogP contribution in [0.3, 0.4) is 0 Å². The Kier molecular flexibility index (Phi) is 7.85. The monoisotopic (exact) mass is 417 g/mol. The van der Waals surface area contributed by atoms with E-state index < -0.39 is 11.9 Å². The molecule has 4 amide bonds. The maximum Gasteiger partial charge on any atom is 0.325 e. The molecule has 1 aromatic carbocycles. The molecule has 0 fully saturated rings. The minimum absolute atomic E-state index is 0.110. The fraction of sp³-hybridized carbons (Fsp3) is 0.381. The molecule has 162 valence electrons. The molecule has 3 N–H and O–H groups in total. The molecule has 0 heterocycles. The van der Waals surface area contributed by atoms with Gasteiger partial charge in [-0.1, -0.05) is 19.9 Å². The van der Waals surface area contributed by atoms with Gasteiger partial charge in [0.25, 0.3) is 5.91 Å². The summed E-state index contributed by atoms with van der Waals surface area (Å²) in [6.07, 6.45) is 4.78. The van der Waals surface area contributed by atoms with Crippen molar-refractivity contribution in [3.05, 3.63) is 41.2 Å². The molecule has 9 heteroatoms. The van der Waals surface area contributed by atoms with Crippen molar-refractivity contribution in [1.82, 2.24) is 16.0 Å². The first-order chi connectivity index (χ1) is 14.3. The third-order valence-electron chi connectivity index (χ3n) is 4.33. The standard InChI is InChI=1S/C21H27N3O6/c1-12(2)19(25)22-14-7-6-8-15(11-14)23-21(27)24-20(26)13-9-16(28-3)18(30-5)17(10-13)29-4/h7,9-12H,6,8H2,1-5H3,(H,22,25)(H2,23,24,26,27). The highest BCUT2D eigenvalue weighted by Crippen LogP contribution is 2.38. The molecule has 9 nitrogen and oxygen atoms in total. The smallest absolute Gasteiger partial charge is 0.325 e. The molecule has 0 radical (unpaired) electrons. The van der Waals surface area contributed by atoms with E-state index in [0.717, 1.165) is 0 Å². The highest BCUT2D eigenvalue weighted by atomic mass is 16.5. The van der Waals surface area contributed by atoms with Crippen molar-refractivity contribution in [3.63, 3.8) is 0 Å². The number of allylic oxidation sites excluding steroid dienone is 3. The summed E-state index contributed by atoms with van der Waals surface area (Å²) in [6, 6.07) is 2.22. The molecule has 0 bridgehead atoms. The van der Waals surface area contributed by atoms with Crippen LogP contribution < -0.4 is 30.2 Å². The molecule has 0 unspecified atom stereocenters. The van der Waals surface area contributed by atoms with Gasteiger partial charge in [-0.15, -0.1) is 0 Å². The largest absolute Gasteiger partial charge is 0.493 e. The number of urea groups is 1. The van der Waals surface area contributed by atoms with Gasteiger partial charge in [0.2, 0.25) is 11.7 Å². The summed E-state index contributed by atoms with van der Waals surface area (Å²) in [6.45, 7) is 3.59. The molecule has 1 aliphatic rings. The van der Waals surface area contributed by atoms with Crippen LogP contribution in [0.4, 0.5) is 4.79 Å². The average Bonchev–Trinajstić information content (AvgIpc) is 2.72. The van der Waals surface area contributed by atoms with Crippen LogP contribution in [-0.4, -0.2) is 39.2 Å². The Balaban J connectivity index is 2.06. The lowest BCUT2D eigenvalue weighted by Crippen LogP contribution is -2.39. The second-order valence-electron chi connectivity index (χ2n) is 6.83. The van der Waals surface area contributed by atoms with E-state index in [-0.39, 0.29) is 17.4 Å². The Morgan fingerprint density at radius 2 is 1.60 bits per heavy atom. The highest BCUT2D eigenvalue weighted by Gasteiger charge is 2.19. The summed E-state index contributed by atoms with van der Waals surface area (Å²) in [7, 11) is 4.33. The van der Waals surface area contributed by atoms with Crippen molar-refractivity contribution in [1.29, 1.82) is 0 Å². The lowest BCUT2D eigenvalue weighted by molar-refractivity contribution is -0.123. The topological polar surface area (TPSA) is 115 Å². The van der Waals surface area contributed by atoms with E-state index in [2.05, 4.69) is 16.0 Å². The number of hydrogen-bond donors (Lipinski definition) is 3. The first-order valence-electron chi connectivity index (χ1n) is 9.43. The van der Waals surface area contributed by atoms with Gasteiger partial charge >= 0.3 is 6.03 Å². The van der Waals surface area contributed by atoms with Crippen LogP contribution in [0.5, 0.6) is 17.2 Å². The molecule has 0 aromatic heterocycles. The first kappa shape index (κ1) is 22.8. The second kappa shape index (κ2) is 10.3. The van der Waals surface area contributed by atoms with Gasteiger partial charge in [0.15, 0.2) is 11.5 Å². The maximum atomic E-state index is 12.5. The molecule has 0 aliphatic heterocycles. The molecule has 1 aromatic rings. The highest BCUT2D eigenvalue weighted by molar-refractivity contribution is 6.05. The molecule has 1 aliphatic carbocycles. The lowest BCUT2D eigenvalue weighted by Gasteiger charge is -2.17. The van der Waals surface area contributed by atoms with Gasteiger partial charge < -0.3 is 24.8 Å². The number of ether oxygens (including phenoxy) is 3. The molecular formula is C21H27N3O6. The summed E-state index contributed by atoms with van der Waals surface area (Å²) < 4.78 is 15.7. The molecule has 0 saturated carbocycles. The minimum Gasteiger partial charge on any atom is -0.493 e. The number of methoxy groups -OCH3 is 3. The number of carbonyl (C=O) groups is 3. The van der Waals surface area contributed by atoms with E-state index >= 15 is 0 Å². The fourth-order valence-corrected chi connectivity index (χ4v) is 2.74. The third-order valence-corrected chi connectivity index (χ3v) is 4.33. The van der Waals surface area contributed by atoms with Crippen molar-refractivity contribution < 1.29 is 28.6 Å². The fourth-order valence-electron chi connectivity index (χ4n) is 2.74. The van der Waals surface area contributed by atoms with Crippen LogP contribution >= 0.6 is 0 Å². The SMILES string of the molecule is COc1cc(C(=O)NC(=O)NC2=CC(NC(=O)C(C)C)=CCC2)cc(OC)c1OC. The summed E-state index contributed by atoms with van der Waals surface area (Å²) in [5, 5.41) is 7.70. The van der Waals surface area contributed by atoms with Crippen LogP contribution in [0.1, 0.15) is 37.0 Å². The number of nitrogens with one attached hydrogen (secondary N) is 3. The molecule has 0 saturated heterocycles. The van der Waals surface area contributed by atoms with Gasteiger partial charge in [-0.25, -0.2) is 4.79 Å². The van der Waals surface area contributed by atoms with Gasteiger partial charge in [0, 0.05) is 22.9 Å². The van der Waals surface area contributed by atoms with Crippen LogP contribution in [-0.2, 0) is 4.79 Å². The number of benzene rings is 1. The Morgan fingerprint density at radius 1 is 0.967 bits per heavy atom. The quantitative estimate of drug-likeness (QED) is 0.628. The Morgan fingerprint density at radius 3 is 2.13 bits per heavy atom. The van der Waals surface area contributed by atoms with E-state index in [9.17, 15) is 14.4 Å². The number of imide groups is 1. The third kappa shape index (κ3) is 5.76. The molecule has 30 heavy (non-hydrogen) atoms. The van der Waals surface area contributed by atoms with Crippen LogP contribution in [0.2, 0.25) is 0 Å². The Hall–Kier alpha value is -3.49. The van der Waals surface area contributed by atoms with E-state index in [0.29, 0.717) is 41.5 Å². The summed E-state index contributed by atoms with van der Waals surface area (Å²) >= 11 is 0. The van der Waals surface area contributed by atoms with Crippen molar-refractivity contribution in [3.8, 4) is 17.2 Å². The van der Waals surface area contributed by atoms with Gasteiger partial charge in [-0.3, -0.25) is 14.9 Å². The summed E-state index contributed by atoms with van der Waals surface area (Å²) in [5.74, 6) is 0.0436. The minimum atomic E-state index is -0.684. The predicted molar refractivity (Wildman–Crippen MR) is 110 cm³/mol.